The maximum absolute atomic E-state index is 11.4. The molecule has 2 N–H and O–H groups in total. The number of aromatic carboxylic acids is 1. The smallest absolute Gasteiger partial charge is 0.339 e. The summed E-state index contributed by atoms with van der Waals surface area (Å²) in [6.07, 6.45) is 0.996. The largest absolute Gasteiger partial charge is 0.496 e. The highest BCUT2D eigenvalue weighted by Gasteiger charge is 2.31. The number of methoxy groups -OCH3 is 1. The van der Waals surface area contributed by atoms with Crippen LogP contribution in [0.15, 0.2) is 18.2 Å². The average Bonchev–Trinajstić information content (AvgIpc) is 2.74. The normalized spacial score (nSPS) is 17.9. The predicted octanol–water partition coefficient (Wildman–Crippen LogP) is 1.68. The van der Waals surface area contributed by atoms with E-state index in [1.807, 2.05) is 0 Å². The summed E-state index contributed by atoms with van der Waals surface area (Å²) in [5, 5.41) is 10.6. The molecule has 2 rings (SSSR count). The van der Waals surface area contributed by atoms with Gasteiger partial charge in [-0.05, 0) is 30.5 Å². The lowest BCUT2D eigenvalue weighted by atomic mass is 10.0. The Bertz CT molecular complexity index is 572. The van der Waals surface area contributed by atoms with Gasteiger partial charge < -0.3 is 9.84 Å². The van der Waals surface area contributed by atoms with Crippen molar-refractivity contribution < 1.29 is 24.2 Å². The van der Waals surface area contributed by atoms with Gasteiger partial charge in [-0.25, -0.2) is 4.79 Å². The van der Waals surface area contributed by atoms with E-state index in [2.05, 4.69) is 5.32 Å². The Morgan fingerprint density at radius 3 is 2.75 bits per heavy atom. The van der Waals surface area contributed by atoms with Crippen molar-refractivity contribution in [2.75, 3.05) is 7.11 Å². The third-order valence-corrected chi connectivity index (χ3v) is 4.01. The number of aryl methyl sites for hydroxylation is 1. The van der Waals surface area contributed by atoms with E-state index in [0.29, 0.717) is 18.6 Å². The van der Waals surface area contributed by atoms with Gasteiger partial charge in [0.05, 0.1) is 12.4 Å². The molecule has 1 atom stereocenters. The van der Waals surface area contributed by atoms with Gasteiger partial charge in [0.25, 0.3) is 5.24 Å². The third-order valence-electron chi connectivity index (χ3n) is 2.96. The number of carboxylic acids is 1. The fourth-order valence-electron chi connectivity index (χ4n) is 1.96. The molecule has 6 nitrogen and oxygen atoms in total. The van der Waals surface area contributed by atoms with Crippen LogP contribution >= 0.6 is 11.8 Å². The summed E-state index contributed by atoms with van der Waals surface area (Å²) in [6, 6.07) is 4.87. The van der Waals surface area contributed by atoms with Gasteiger partial charge in [0.15, 0.2) is 0 Å². The van der Waals surface area contributed by atoms with E-state index >= 15 is 0 Å². The summed E-state index contributed by atoms with van der Waals surface area (Å²) >= 11 is 0.970. The van der Waals surface area contributed by atoms with Gasteiger partial charge in [0.1, 0.15) is 11.3 Å². The fraction of sp³-hybridized carbons (Fsp3) is 0.308. The van der Waals surface area contributed by atoms with E-state index in [0.717, 1.165) is 17.3 Å². The van der Waals surface area contributed by atoms with E-state index in [1.54, 1.807) is 12.1 Å². The molecule has 0 saturated carbocycles. The number of ether oxygens (including phenoxy) is 1. The molecule has 1 aliphatic rings. The maximum atomic E-state index is 11.4. The highest BCUT2D eigenvalue weighted by atomic mass is 32.2. The molecule has 106 valence electrons. The van der Waals surface area contributed by atoms with Crippen molar-refractivity contribution in [1.82, 2.24) is 5.32 Å². The zero-order valence-corrected chi connectivity index (χ0v) is 11.5. The van der Waals surface area contributed by atoms with Crippen molar-refractivity contribution in [3.63, 3.8) is 0 Å². The molecule has 1 unspecified atom stereocenters. The highest BCUT2D eigenvalue weighted by molar-refractivity contribution is 8.15. The predicted molar refractivity (Wildman–Crippen MR) is 73.2 cm³/mol. The Balaban J connectivity index is 2.07. The number of carboxylic acid groups (broad SMARTS) is 1. The van der Waals surface area contributed by atoms with Crippen LogP contribution < -0.4 is 10.1 Å². The van der Waals surface area contributed by atoms with E-state index in [4.69, 9.17) is 9.84 Å². The molecule has 1 aliphatic heterocycles. The Morgan fingerprint density at radius 1 is 1.45 bits per heavy atom. The zero-order chi connectivity index (χ0) is 14.7. The Kier molecular flexibility index (Phi) is 4.29. The van der Waals surface area contributed by atoms with Crippen LogP contribution in [0.3, 0.4) is 0 Å². The van der Waals surface area contributed by atoms with Crippen LogP contribution in [0.1, 0.15) is 22.3 Å². The summed E-state index contributed by atoms with van der Waals surface area (Å²) in [4.78, 5) is 33.5. The molecule has 0 aliphatic carbocycles. The SMILES string of the molecule is COc1ccc(CCC2SC(=O)NC2=O)cc1C(=O)O. The lowest BCUT2D eigenvalue weighted by Crippen LogP contribution is -2.24. The molecule has 0 spiro atoms. The van der Waals surface area contributed by atoms with E-state index in [-0.39, 0.29) is 16.7 Å². The van der Waals surface area contributed by atoms with Crippen LogP contribution in [-0.2, 0) is 11.2 Å². The number of hydrogen-bond acceptors (Lipinski definition) is 5. The Morgan fingerprint density at radius 2 is 2.20 bits per heavy atom. The fourth-order valence-corrected chi connectivity index (χ4v) is 2.78. The van der Waals surface area contributed by atoms with Crippen molar-refractivity contribution in [3.8, 4) is 5.75 Å². The number of imide groups is 1. The molecule has 1 aromatic rings. The molecular weight excluding hydrogens is 282 g/mol. The molecule has 0 radical (unpaired) electrons. The second-order valence-electron chi connectivity index (χ2n) is 4.26. The van der Waals surface area contributed by atoms with Gasteiger partial charge in [-0.15, -0.1) is 0 Å². The third kappa shape index (κ3) is 3.11. The number of hydrogen-bond donors (Lipinski definition) is 2. The number of carbonyl (C=O) groups is 3. The van der Waals surface area contributed by atoms with Crippen molar-refractivity contribution in [2.45, 2.75) is 18.1 Å². The van der Waals surface area contributed by atoms with Crippen LogP contribution in [0.25, 0.3) is 0 Å². The Labute approximate surface area is 119 Å². The summed E-state index contributed by atoms with van der Waals surface area (Å²) < 4.78 is 4.98. The number of carbonyl (C=O) groups excluding carboxylic acids is 2. The molecule has 2 amide bonds. The van der Waals surface area contributed by atoms with Crippen LogP contribution in [0, 0.1) is 0 Å². The quantitative estimate of drug-likeness (QED) is 0.858. The Hall–Kier alpha value is -2.02. The molecular formula is C13H13NO5S. The van der Waals surface area contributed by atoms with Gasteiger partial charge >= 0.3 is 5.97 Å². The minimum Gasteiger partial charge on any atom is -0.496 e. The lowest BCUT2D eigenvalue weighted by Gasteiger charge is -2.09. The van der Waals surface area contributed by atoms with E-state index in [1.165, 1.54) is 13.2 Å². The number of nitrogens with one attached hydrogen (secondary N) is 1. The molecule has 20 heavy (non-hydrogen) atoms. The first kappa shape index (κ1) is 14.4. The topological polar surface area (TPSA) is 92.7 Å². The number of benzene rings is 1. The van der Waals surface area contributed by atoms with Gasteiger partial charge in [0.2, 0.25) is 5.91 Å². The minimum atomic E-state index is -1.06. The summed E-state index contributed by atoms with van der Waals surface area (Å²) in [7, 11) is 1.41. The molecule has 7 heteroatoms. The molecule has 1 aromatic carbocycles. The van der Waals surface area contributed by atoms with Gasteiger partial charge in [-0.3, -0.25) is 14.9 Å². The molecule has 1 heterocycles. The molecule has 1 fully saturated rings. The number of thioether (sulfide) groups is 1. The highest BCUT2D eigenvalue weighted by Crippen LogP contribution is 2.25. The van der Waals surface area contributed by atoms with Crippen molar-refractivity contribution >= 4 is 28.9 Å². The first-order chi connectivity index (χ1) is 9.51. The number of amides is 2. The molecule has 0 aromatic heterocycles. The van der Waals surface area contributed by atoms with E-state index in [9.17, 15) is 14.4 Å². The lowest BCUT2D eigenvalue weighted by molar-refractivity contribution is -0.119. The molecule has 1 saturated heterocycles. The minimum absolute atomic E-state index is 0.0876. The van der Waals surface area contributed by atoms with Crippen molar-refractivity contribution in [2.24, 2.45) is 0 Å². The first-order valence-electron chi connectivity index (χ1n) is 5.93. The van der Waals surface area contributed by atoms with Gasteiger partial charge in [-0.1, -0.05) is 17.8 Å². The molecule has 0 bridgehead atoms. The second kappa shape index (κ2) is 5.96. The zero-order valence-electron chi connectivity index (χ0n) is 10.7. The van der Waals surface area contributed by atoms with Crippen molar-refractivity contribution in [3.05, 3.63) is 29.3 Å². The van der Waals surface area contributed by atoms with Crippen LogP contribution in [-0.4, -0.2) is 34.6 Å². The maximum Gasteiger partial charge on any atom is 0.339 e. The standard InChI is InChI=1S/C13H13NO5S/c1-19-9-4-2-7(6-8(9)12(16)17)3-5-10-11(15)14-13(18)20-10/h2,4,6,10H,3,5H2,1H3,(H,16,17)(H,14,15,18). The van der Waals surface area contributed by atoms with E-state index < -0.39 is 11.2 Å². The van der Waals surface area contributed by atoms with Crippen LogP contribution in [0.5, 0.6) is 5.75 Å². The second-order valence-corrected chi connectivity index (χ2v) is 5.44. The summed E-state index contributed by atoms with van der Waals surface area (Å²) in [5.41, 5.74) is 0.876. The monoisotopic (exact) mass is 295 g/mol. The van der Waals surface area contributed by atoms with Crippen molar-refractivity contribution in [1.29, 1.82) is 0 Å². The summed E-state index contributed by atoms with van der Waals surface area (Å²) in [6.45, 7) is 0. The van der Waals surface area contributed by atoms with Gasteiger partial charge in [-0.2, -0.15) is 0 Å². The van der Waals surface area contributed by atoms with Crippen LogP contribution in [0.2, 0.25) is 0 Å². The summed E-state index contributed by atoms with van der Waals surface area (Å²) in [5.74, 6) is -1.05. The van der Waals surface area contributed by atoms with Crippen LogP contribution in [0.4, 0.5) is 4.79 Å². The number of rotatable bonds is 5. The first-order valence-corrected chi connectivity index (χ1v) is 6.81. The average molecular weight is 295 g/mol. The van der Waals surface area contributed by atoms with Gasteiger partial charge in [0, 0.05) is 0 Å².